The van der Waals surface area contributed by atoms with Crippen LogP contribution in [0.5, 0.6) is 0 Å². The van der Waals surface area contributed by atoms with Gasteiger partial charge in [0, 0.05) is 24.4 Å². The minimum atomic E-state index is -1.06. The number of anilines is 2. The molecule has 0 radical (unpaired) electrons. The Labute approximate surface area is 153 Å². The summed E-state index contributed by atoms with van der Waals surface area (Å²) in [6, 6.07) is 10.5. The van der Waals surface area contributed by atoms with Gasteiger partial charge in [0.2, 0.25) is 0 Å². The zero-order chi connectivity index (χ0) is 19.4. The smallest absolute Gasteiger partial charge is 0.274 e. The molecule has 0 aliphatic carbocycles. The predicted octanol–water partition coefficient (Wildman–Crippen LogP) is 4.07. The van der Waals surface area contributed by atoms with Crippen LogP contribution in [0.1, 0.15) is 21.9 Å². The Hall–Kier alpha value is -3.42. The zero-order valence-corrected chi connectivity index (χ0v) is 14.3. The van der Waals surface area contributed by atoms with Gasteiger partial charge in [0.25, 0.3) is 5.91 Å². The highest BCUT2D eigenvalue weighted by atomic mass is 19.2. The highest BCUT2D eigenvalue weighted by molar-refractivity contribution is 6.03. The number of rotatable bonds is 5. The Morgan fingerprint density at radius 1 is 0.963 bits per heavy atom. The number of hydrogen-bond acceptors (Lipinski definition) is 4. The van der Waals surface area contributed by atoms with E-state index in [0.29, 0.717) is 18.2 Å². The first-order valence-electron chi connectivity index (χ1n) is 8.01. The molecule has 5 nitrogen and oxygen atoms in total. The first kappa shape index (κ1) is 18.4. The molecule has 1 heterocycles. The third-order valence-electron chi connectivity index (χ3n) is 3.63. The lowest BCUT2D eigenvalue weighted by atomic mass is 10.2. The van der Waals surface area contributed by atoms with E-state index in [2.05, 4.69) is 20.6 Å². The number of aryl methyl sites for hydroxylation is 1. The van der Waals surface area contributed by atoms with E-state index in [1.165, 1.54) is 24.3 Å². The highest BCUT2D eigenvalue weighted by Crippen LogP contribution is 2.15. The van der Waals surface area contributed by atoms with Crippen molar-refractivity contribution in [2.45, 2.75) is 13.5 Å². The zero-order valence-electron chi connectivity index (χ0n) is 14.3. The Kier molecular flexibility index (Phi) is 5.35. The molecule has 3 rings (SSSR count). The average Bonchev–Trinajstić information content (AvgIpc) is 2.64. The van der Waals surface area contributed by atoms with E-state index in [1.807, 2.05) is 0 Å². The minimum Gasteiger partial charge on any atom is -0.366 e. The van der Waals surface area contributed by atoms with Gasteiger partial charge in [-0.3, -0.25) is 4.79 Å². The average molecular weight is 372 g/mol. The van der Waals surface area contributed by atoms with Gasteiger partial charge in [-0.15, -0.1) is 0 Å². The third-order valence-corrected chi connectivity index (χ3v) is 3.63. The van der Waals surface area contributed by atoms with E-state index in [1.54, 1.807) is 19.1 Å². The maximum Gasteiger partial charge on any atom is 0.274 e. The van der Waals surface area contributed by atoms with Crippen LogP contribution < -0.4 is 10.6 Å². The lowest BCUT2D eigenvalue weighted by Crippen LogP contribution is -2.16. The van der Waals surface area contributed by atoms with E-state index in [-0.39, 0.29) is 17.2 Å². The molecule has 1 amide bonds. The summed E-state index contributed by atoms with van der Waals surface area (Å²) in [6.07, 6.45) is 0. The van der Waals surface area contributed by atoms with E-state index in [0.717, 1.165) is 17.7 Å². The van der Waals surface area contributed by atoms with E-state index in [9.17, 15) is 18.0 Å². The molecule has 0 saturated carbocycles. The van der Waals surface area contributed by atoms with Crippen LogP contribution in [0.2, 0.25) is 0 Å². The van der Waals surface area contributed by atoms with E-state index in [4.69, 9.17) is 0 Å². The van der Waals surface area contributed by atoms with Crippen LogP contribution in [0, 0.1) is 24.4 Å². The molecule has 0 fully saturated rings. The molecular formula is C19H15F3N4O. The number of nitrogens with zero attached hydrogens (tertiary/aromatic N) is 2. The van der Waals surface area contributed by atoms with Crippen molar-refractivity contribution >= 4 is 17.4 Å². The van der Waals surface area contributed by atoms with Gasteiger partial charge in [0.1, 0.15) is 23.2 Å². The summed E-state index contributed by atoms with van der Waals surface area (Å²) in [7, 11) is 0. The number of nitrogens with one attached hydrogen (secondary N) is 2. The van der Waals surface area contributed by atoms with Gasteiger partial charge in [-0.05, 0) is 36.8 Å². The van der Waals surface area contributed by atoms with Crippen molar-refractivity contribution in [2.75, 3.05) is 10.6 Å². The largest absolute Gasteiger partial charge is 0.366 e. The van der Waals surface area contributed by atoms with Crippen molar-refractivity contribution in [3.8, 4) is 0 Å². The summed E-state index contributed by atoms with van der Waals surface area (Å²) in [5.74, 6) is -2.22. The molecule has 0 aliphatic heterocycles. The second-order valence-corrected chi connectivity index (χ2v) is 5.75. The molecule has 0 bridgehead atoms. The fourth-order valence-electron chi connectivity index (χ4n) is 2.34. The summed E-state index contributed by atoms with van der Waals surface area (Å²) in [5.41, 5.74) is 1.00. The van der Waals surface area contributed by atoms with Crippen molar-refractivity contribution < 1.29 is 18.0 Å². The van der Waals surface area contributed by atoms with Crippen LogP contribution in [0.25, 0.3) is 0 Å². The second-order valence-electron chi connectivity index (χ2n) is 5.75. The predicted molar refractivity (Wildman–Crippen MR) is 94.8 cm³/mol. The molecule has 138 valence electrons. The van der Waals surface area contributed by atoms with Gasteiger partial charge in [0.05, 0.1) is 0 Å². The Morgan fingerprint density at radius 2 is 1.70 bits per heavy atom. The fourth-order valence-corrected chi connectivity index (χ4v) is 2.34. The van der Waals surface area contributed by atoms with Gasteiger partial charge in [0.15, 0.2) is 11.6 Å². The maximum absolute atomic E-state index is 13.3. The molecule has 0 aliphatic rings. The highest BCUT2D eigenvalue weighted by Gasteiger charge is 2.12. The van der Waals surface area contributed by atoms with Crippen LogP contribution in [0.4, 0.5) is 24.7 Å². The molecule has 0 spiro atoms. The number of aromatic nitrogens is 2. The minimum absolute atomic E-state index is 0.0637. The number of hydrogen-bond donors (Lipinski definition) is 2. The van der Waals surface area contributed by atoms with Crippen LogP contribution in [-0.2, 0) is 6.54 Å². The lowest BCUT2D eigenvalue weighted by Gasteiger charge is -2.09. The van der Waals surface area contributed by atoms with Crippen LogP contribution >= 0.6 is 0 Å². The van der Waals surface area contributed by atoms with Crippen molar-refractivity contribution in [1.82, 2.24) is 9.97 Å². The SMILES string of the molecule is Cc1nc(NCc2ccc(F)cc2)cc(C(=O)Nc2ccc(F)c(F)c2)n1. The van der Waals surface area contributed by atoms with E-state index < -0.39 is 17.5 Å². The summed E-state index contributed by atoms with van der Waals surface area (Å²) in [6.45, 7) is 2.00. The van der Waals surface area contributed by atoms with Crippen LogP contribution in [0.3, 0.4) is 0 Å². The third kappa shape index (κ3) is 4.81. The molecule has 0 saturated heterocycles. The molecule has 0 unspecified atom stereocenters. The number of amides is 1. The first-order valence-corrected chi connectivity index (χ1v) is 8.01. The van der Waals surface area contributed by atoms with Gasteiger partial charge in [-0.1, -0.05) is 12.1 Å². The Bertz CT molecular complexity index is 977. The normalized spacial score (nSPS) is 10.5. The van der Waals surface area contributed by atoms with Crippen LogP contribution in [-0.4, -0.2) is 15.9 Å². The molecule has 8 heteroatoms. The monoisotopic (exact) mass is 372 g/mol. The quantitative estimate of drug-likeness (QED) is 0.709. The summed E-state index contributed by atoms with van der Waals surface area (Å²) in [5, 5.41) is 5.49. The Morgan fingerprint density at radius 3 is 2.41 bits per heavy atom. The maximum atomic E-state index is 13.3. The Balaban J connectivity index is 1.72. The van der Waals surface area contributed by atoms with Gasteiger partial charge >= 0.3 is 0 Å². The number of carbonyl (C=O) groups is 1. The van der Waals surface area contributed by atoms with Crippen molar-refractivity contribution in [2.24, 2.45) is 0 Å². The lowest BCUT2D eigenvalue weighted by molar-refractivity contribution is 0.102. The molecular weight excluding hydrogens is 357 g/mol. The standard InChI is InChI=1S/C19H15F3N4O/c1-11-24-17(19(27)26-14-6-7-15(21)16(22)8-14)9-18(25-11)23-10-12-2-4-13(20)5-3-12/h2-9H,10H2,1H3,(H,26,27)(H,23,24,25). The van der Waals surface area contributed by atoms with Crippen molar-refractivity contribution in [3.63, 3.8) is 0 Å². The van der Waals surface area contributed by atoms with Crippen molar-refractivity contribution in [1.29, 1.82) is 0 Å². The number of benzene rings is 2. The number of halogens is 3. The summed E-state index contributed by atoms with van der Waals surface area (Å²) >= 11 is 0. The first-order chi connectivity index (χ1) is 12.9. The van der Waals surface area contributed by atoms with Gasteiger partial charge in [-0.2, -0.15) is 0 Å². The second kappa shape index (κ2) is 7.86. The van der Waals surface area contributed by atoms with Crippen molar-refractivity contribution in [3.05, 3.63) is 83.1 Å². The van der Waals surface area contributed by atoms with Gasteiger partial charge in [-0.25, -0.2) is 23.1 Å². The molecule has 0 atom stereocenters. The molecule has 2 N–H and O–H groups in total. The summed E-state index contributed by atoms with van der Waals surface area (Å²) in [4.78, 5) is 20.6. The topological polar surface area (TPSA) is 66.9 Å². The molecule has 2 aromatic carbocycles. The molecule has 3 aromatic rings. The molecule has 1 aromatic heterocycles. The summed E-state index contributed by atoms with van der Waals surface area (Å²) < 4.78 is 39.2. The van der Waals surface area contributed by atoms with Crippen LogP contribution in [0.15, 0.2) is 48.5 Å². The fraction of sp³-hybridized carbons (Fsp3) is 0.105. The van der Waals surface area contributed by atoms with E-state index >= 15 is 0 Å². The molecule has 27 heavy (non-hydrogen) atoms. The number of carbonyl (C=O) groups excluding carboxylic acids is 1. The van der Waals surface area contributed by atoms with Gasteiger partial charge < -0.3 is 10.6 Å².